The fourth-order valence-corrected chi connectivity index (χ4v) is 4.27. The van der Waals surface area contributed by atoms with Gasteiger partial charge in [-0.1, -0.05) is 18.2 Å². The summed E-state index contributed by atoms with van der Waals surface area (Å²) in [5.74, 6) is 0.443. The van der Waals surface area contributed by atoms with Crippen molar-refractivity contribution in [2.45, 2.75) is 25.9 Å². The Bertz CT molecular complexity index is 831. The zero-order chi connectivity index (χ0) is 20.9. The summed E-state index contributed by atoms with van der Waals surface area (Å²) in [4.78, 5) is 31.4. The minimum absolute atomic E-state index is 0.0108. The molecule has 0 bridgehead atoms. The monoisotopic (exact) mass is 410 g/mol. The van der Waals surface area contributed by atoms with Gasteiger partial charge >= 0.3 is 0 Å². The lowest BCUT2D eigenvalue weighted by molar-refractivity contribution is -0.129. The number of hydrogen-bond acceptors (Lipinski definition) is 5. The molecule has 7 nitrogen and oxygen atoms in total. The molecule has 2 saturated heterocycles. The van der Waals surface area contributed by atoms with Gasteiger partial charge in [-0.15, -0.1) is 0 Å². The predicted molar refractivity (Wildman–Crippen MR) is 115 cm³/mol. The zero-order valence-electron chi connectivity index (χ0n) is 17.5. The van der Waals surface area contributed by atoms with E-state index in [2.05, 4.69) is 46.3 Å². The van der Waals surface area contributed by atoms with Crippen molar-refractivity contribution in [2.75, 3.05) is 44.2 Å². The second-order valence-corrected chi connectivity index (χ2v) is 8.21. The molecule has 2 aliphatic rings. The van der Waals surface area contributed by atoms with E-state index < -0.39 is 0 Å². The number of nitrogens with one attached hydrogen (secondary N) is 1. The molecule has 1 N–H and O–H groups in total. The number of hydrogen-bond donors (Lipinski definition) is 1. The van der Waals surface area contributed by atoms with Crippen LogP contribution < -0.4 is 10.2 Å². The number of carbonyl (C=O) groups is 2. The number of likely N-dealkylation sites (tertiary alicyclic amines) is 1. The lowest BCUT2D eigenvalue weighted by Gasteiger charge is -2.39. The lowest BCUT2D eigenvalue weighted by Crippen LogP contribution is -2.52. The van der Waals surface area contributed by atoms with Crippen molar-refractivity contribution in [3.05, 3.63) is 54.5 Å². The Morgan fingerprint density at radius 2 is 1.90 bits per heavy atom. The van der Waals surface area contributed by atoms with Crippen LogP contribution >= 0.6 is 0 Å². The first-order valence-electron chi connectivity index (χ1n) is 10.7. The molecular weight excluding hydrogens is 380 g/mol. The van der Waals surface area contributed by atoms with Gasteiger partial charge in [0, 0.05) is 57.4 Å². The third kappa shape index (κ3) is 4.84. The van der Waals surface area contributed by atoms with Crippen molar-refractivity contribution in [3.63, 3.8) is 0 Å². The highest BCUT2D eigenvalue weighted by atomic mass is 16.3. The van der Waals surface area contributed by atoms with Crippen molar-refractivity contribution >= 4 is 17.5 Å². The number of benzene rings is 1. The second kappa shape index (κ2) is 9.34. The zero-order valence-corrected chi connectivity index (χ0v) is 17.5. The van der Waals surface area contributed by atoms with Crippen LogP contribution in [-0.4, -0.2) is 66.9 Å². The van der Waals surface area contributed by atoms with Crippen LogP contribution in [0.2, 0.25) is 0 Å². The summed E-state index contributed by atoms with van der Waals surface area (Å²) >= 11 is 0. The first kappa shape index (κ1) is 20.5. The number of para-hydroxylation sites is 1. The van der Waals surface area contributed by atoms with Crippen LogP contribution in [0.1, 0.15) is 19.1 Å². The molecule has 2 fully saturated rings. The summed E-state index contributed by atoms with van der Waals surface area (Å²) < 4.78 is 5.32. The SMILES string of the molecule is CC(CNC(=O)C1CC(=O)N(Cc2ccco2)C1)N1CCN(c2ccccc2)CC1. The Labute approximate surface area is 177 Å². The van der Waals surface area contributed by atoms with Gasteiger partial charge in [-0.2, -0.15) is 0 Å². The van der Waals surface area contributed by atoms with Crippen molar-refractivity contribution in [1.82, 2.24) is 15.1 Å². The third-order valence-corrected chi connectivity index (χ3v) is 6.14. The fourth-order valence-electron chi connectivity index (χ4n) is 4.27. The van der Waals surface area contributed by atoms with E-state index >= 15 is 0 Å². The summed E-state index contributed by atoms with van der Waals surface area (Å²) in [5.41, 5.74) is 1.27. The van der Waals surface area contributed by atoms with Crippen LogP contribution in [0, 0.1) is 5.92 Å². The van der Waals surface area contributed by atoms with Gasteiger partial charge in [-0.25, -0.2) is 0 Å². The van der Waals surface area contributed by atoms with Crippen LogP contribution in [0.5, 0.6) is 0 Å². The average molecular weight is 411 g/mol. The number of carbonyl (C=O) groups excluding carboxylic acids is 2. The van der Waals surface area contributed by atoms with Gasteiger partial charge in [0.25, 0.3) is 0 Å². The topological polar surface area (TPSA) is 69.0 Å². The largest absolute Gasteiger partial charge is 0.467 e. The van der Waals surface area contributed by atoms with Crippen LogP contribution in [0.25, 0.3) is 0 Å². The minimum atomic E-state index is -0.283. The van der Waals surface area contributed by atoms with Gasteiger partial charge in [0.05, 0.1) is 18.7 Å². The molecule has 0 aliphatic carbocycles. The van der Waals surface area contributed by atoms with Crippen molar-refractivity contribution in [1.29, 1.82) is 0 Å². The summed E-state index contributed by atoms with van der Waals surface area (Å²) in [7, 11) is 0. The Morgan fingerprint density at radius 1 is 1.13 bits per heavy atom. The molecule has 30 heavy (non-hydrogen) atoms. The van der Waals surface area contributed by atoms with Gasteiger partial charge in [0.15, 0.2) is 0 Å². The quantitative estimate of drug-likeness (QED) is 0.756. The molecule has 2 atom stereocenters. The van der Waals surface area contributed by atoms with Gasteiger partial charge in [-0.05, 0) is 31.2 Å². The number of nitrogens with zero attached hydrogens (tertiary/aromatic N) is 3. The maximum atomic E-state index is 12.6. The van der Waals surface area contributed by atoms with E-state index in [0.29, 0.717) is 19.6 Å². The Hall–Kier alpha value is -2.80. The lowest BCUT2D eigenvalue weighted by atomic mass is 10.1. The number of rotatable bonds is 7. The molecule has 2 unspecified atom stereocenters. The van der Waals surface area contributed by atoms with Gasteiger partial charge < -0.3 is 19.5 Å². The van der Waals surface area contributed by atoms with E-state index in [1.807, 2.05) is 12.1 Å². The van der Waals surface area contributed by atoms with E-state index in [9.17, 15) is 9.59 Å². The number of piperazine rings is 1. The van der Waals surface area contributed by atoms with Gasteiger partial charge in [0.2, 0.25) is 11.8 Å². The summed E-state index contributed by atoms with van der Waals surface area (Å²) in [6, 6.07) is 14.4. The van der Waals surface area contributed by atoms with E-state index in [1.165, 1.54) is 5.69 Å². The van der Waals surface area contributed by atoms with Crippen molar-refractivity contribution in [2.24, 2.45) is 5.92 Å². The Kier molecular flexibility index (Phi) is 6.38. The normalized spacial score (nSPS) is 21.1. The summed E-state index contributed by atoms with van der Waals surface area (Å²) in [6.07, 6.45) is 1.87. The molecule has 2 aliphatic heterocycles. The van der Waals surface area contributed by atoms with Crippen LogP contribution in [-0.2, 0) is 16.1 Å². The van der Waals surface area contributed by atoms with E-state index in [1.54, 1.807) is 17.2 Å². The van der Waals surface area contributed by atoms with E-state index in [4.69, 9.17) is 4.42 Å². The molecule has 7 heteroatoms. The highest BCUT2D eigenvalue weighted by Crippen LogP contribution is 2.21. The van der Waals surface area contributed by atoms with Crippen LogP contribution in [0.4, 0.5) is 5.69 Å². The maximum absolute atomic E-state index is 12.6. The molecule has 0 spiro atoms. The smallest absolute Gasteiger partial charge is 0.225 e. The minimum Gasteiger partial charge on any atom is -0.467 e. The van der Waals surface area contributed by atoms with E-state index in [-0.39, 0.29) is 30.2 Å². The predicted octanol–water partition coefficient (Wildman–Crippen LogP) is 1.95. The molecule has 1 aromatic heterocycles. The molecule has 0 saturated carbocycles. The first-order valence-corrected chi connectivity index (χ1v) is 10.7. The highest BCUT2D eigenvalue weighted by molar-refractivity contribution is 5.89. The Morgan fingerprint density at radius 3 is 2.60 bits per heavy atom. The molecule has 160 valence electrons. The fraction of sp³-hybridized carbons (Fsp3) is 0.478. The maximum Gasteiger partial charge on any atom is 0.225 e. The standard InChI is InChI=1S/C23H30N4O3/c1-18(25-9-11-26(12-10-25)20-6-3-2-4-7-20)15-24-23(29)19-14-22(28)27(16-19)17-21-8-5-13-30-21/h2-8,13,18-19H,9-12,14-17H2,1H3,(H,24,29). The molecule has 0 radical (unpaired) electrons. The summed E-state index contributed by atoms with van der Waals surface area (Å²) in [6.45, 7) is 7.57. The van der Waals surface area contributed by atoms with Crippen molar-refractivity contribution in [3.8, 4) is 0 Å². The van der Waals surface area contributed by atoms with Crippen molar-refractivity contribution < 1.29 is 14.0 Å². The first-order chi connectivity index (χ1) is 14.6. The number of anilines is 1. The molecule has 3 heterocycles. The van der Waals surface area contributed by atoms with Gasteiger partial charge in [-0.3, -0.25) is 14.5 Å². The molecule has 2 aromatic rings. The van der Waals surface area contributed by atoms with E-state index in [0.717, 1.165) is 31.9 Å². The van der Waals surface area contributed by atoms with Crippen LogP contribution in [0.15, 0.2) is 53.1 Å². The number of furan rings is 1. The molecule has 1 aromatic carbocycles. The second-order valence-electron chi connectivity index (χ2n) is 8.21. The summed E-state index contributed by atoms with van der Waals surface area (Å²) in [5, 5.41) is 3.07. The molecular formula is C23H30N4O3. The Balaban J connectivity index is 1.20. The highest BCUT2D eigenvalue weighted by Gasteiger charge is 2.34. The van der Waals surface area contributed by atoms with Crippen LogP contribution in [0.3, 0.4) is 0 Å². The molecule has 2 amide bonds. The molecule has 4 rings (SSSR count). The number of amides is 2. The third-order valence-electron chi connectivity index (χ3n) is 6.14. The van der Waals surface area contributed by atoms with Gasteiger partial charge in [0.1, 0.15) is 5.76 Å². The average Bonchev–Trinajstić information content (AvgIpc) is 3.43.